The lowest BCUT2D eigenvalue weighted by molar-refractivity contribution is 0.0331. The lowest BCUT2D eigenvalue weighted by Gasteiger charge is -2.37. The fourth-order valence-electron chi connectivity index (χ4n) is 6.33. The van der Waals surface area contributed by atoms with Gasteiger partial charge >= 0.3 is 0 Å². The molecule has 0 amide bonds. The number of H-pyrrole nitrogens is 1. The molecule has 0 spiro atoms. The van der Waals surface area contributed by atoms with Gasteiger partial charge in [0.05, 0.1) is 40.8 Å². The van der Waals surface area contributed by atoms with Crippen molar-refractivity contribution in [3.63, 3.8) is 0 Å². The number of nitrogens with one attached hydrogen (secondary N) is 2. The molecule has 3 heterocycles. The molecule has 0 radical (unpaired) electrons. The molecule has 3 aliphatic rings. The molecule has 7 rings (SSSR count). The van der Waals surface area contributed by atoms with Gasteiger partial charge in [-0.2, -0.15) is 0 Å². The zero-order valence-electron chi connectivity index (χ0n) is 26.4. The molecule has 47 heavy (non-hydrogen) atoms. The number of halogens is 1. The summed E-state index contributed by atoms with van der Waals surface area (Å²) in [6, 6.07) is 19.0. The Bertz CT molecular complexity index is 1850. The normalized spacial score (nSPS) is 18.7. The summed E-state index contributed by atoms with van der Waals surface area (Å²) in [6.45, 7) is 9.20. The molecule has 0 bridgehead atoms. The largest absolute Gasteiger partial charge is 0.494 e. The van der Waals surface area contributed by atoms with Gasteiger partial charge in [-0.05, 0) is 49.1 Å². The standard InChI is InChI=1S/C35H41FN6O4S/c36-30-22-27(8-11-32(30)42-16-14-40(15-17-42)12-13-41-18-20-46-21-19-41)38-34(26-4-2-1-3-5-26)33-29-23-28(9-10-31(29)39-35(33)43)47(44,45)37-24-25-6-7-25/h1-5,8-11,22-23,25,37,39,43H,6-7,12-21,24H2. The lowest BCUT2D eigenvalue weighted by atomic mass is 10.0. The summed E-state index contributed by atoms with van der Waals surface area (Å²) in [5.41, 5.74) is 2.94. The maximum absolute atomic E-state index is 15.7. The highest BCUT2D eigenvalue weighted by Gasteiger charge is 2.26. The number of rotatable bonds is 11. The van der Waals surface area contributed by atoms with Crippen LogP contribution in [-0.2, 0) is 14.8 Å². The maximum Gasteiger partial charge on any atom is 0.240 e. The number of aliphatic imine (C=N–C) groups is 1. The summed E-state index contributed by atoms with van der Waals surface area (Å²) >= 11 is 0. The Morgan fingerprint density at radius 2 is 1.66 bits per heavy atom. The molecule has 248 valence electrons. The first-order valence-corrected chi connectivity index (χ1v) is 17.9. The van der Waals surface area contributed by atoms with Gasteiger partial charge in [0.2, 0.25) is 10.0 Å². The van der Waals surface area contributed by atoms with Crippen LogP contribution in [0.25, 0.3) is 10.9 Å². The molecule has 3 aromatic carbocycles. The first kappa shape index (κ1) is 31.8. The molecule has 0 atom stereocenters. The van der Waals surface area contributed by atoms with Crippen molar-refractivity contribution in [2.24, 2.45) is 10.9 Å². The topological polar surface area (TPSA) is 113 Å². The predicted molar refractivity (Wildman–Crippen MR) is 182 cm³/mol. The first-order valence-electron chi connectivity index (χ1n) is 16.4. The van der Waals surface area contributed by atoms with Crippen LogP contribution in [-0.4, -0.2) is 106 Å². The van der Waals surface area contributed by atoms with E-state index in [9.17, 15) is 13.5 Å². The van der Waals surface area contributed by atoms with Crippen LogP contribution in [0, 0.1) is 11.7 Å². The molecule has 1 aliphatic carbocycles. The molecular weight excluding hydrogens is 619 g/mol. The average molecular weight is 661 g/mol. The number of nitrogens with zero attached hydrogens (tertiary/aromatic N) is 4. The van der Waals surface area contributed by atoms with Crippen molar-refractivity contribution in [2.45, 2.75) is 17.7 Å². The Balaban J connectivity index is 1.14. The van der Waals surface area contributed by atoms with E-state index in [2.05, 4.69) is 24.4 Å². The highest BCUT2D eigenvalue weighted by molar-refractivity contribution is 7.89. The van der Waals surface area contributed by atoms with E-state index in [-0.39, 0.29) is 16.6 Å². The van der Waals surface area contributed by atoms with Crippen molar-refractivity contribution >= 4 is 38.0 Å². The number of hydrogen-bond acceptors (Lipinski definition) is 8. The van der Waals surface area contributed by atoms with Crippen molar-refractivity contribution in [1.29, 1.82) is 0 Å². The van der Waals surface area contributed by atoms with Gasteiger partial charge in [-0.25, -0.2) is 22.5 Å². The van der Waals surface area contributed by atoms with Crippen molar-refractivity contribution in [3.8, 4) is 5.88 Å². The van der Waals surface area contributed by atoms with Crippen molar-refractivity contribution in [1.82, 2.24) is 19.5 Å². The summed E-state index contributed by atoms with van der Waals surface area (Å²) in [7, 11) is -3.75. The molecule has 12 heteroatoms. The van der Waals surface area contributed by atoms with Gasteiger partial charge < -0.3 is 19.7 Å². The Kier molecular flexibility index (Phi) is 9.29. The molecule has 3 fully saturated rings. The molecule has 3 N–H and O–H groups in total. The van der Waals surface area contributed by atoms with Crippen molar-refractivity contribution in [2.75, 3.05) is 77.0 Å². The SMILES string of the molecule is O=S(=O)(NCC1CC1)c1ccc2[nH]c(O)c(C(=Nc3ccc(N4CCN(CCN5CCOCC5)CC4)c(F)c3)c3ccccc3)c2c1. The van der Waals surface area contributed by atoms with Gasteiger partial charge in [0, 0.05) is 81.4 Å². The molecule has 2 aliphatic heterocycles. The van der Waals surface area contributed by atoms with E-state index < -0.39 is 10.0 Å². The van der Waals surface area contributed by atoms with Crippen LogP contribution in [0.15, 0.2) is 76.6 Å². The number of fused-ring (bicyclic) bond motifs is 1. The number of aromatic amines is 1. The monoisotopic (exact) mass is 660 g/mol. The number of piperazine rings is 1. The van der Waals surface area contributed by atoms with E-state index in [1.165, 1.54) is 12.1 Å². The minimum atomic E-state index is -3.75. The van der Waals surface area contributed by atoms with Crippen LogP contribution in [0.4, 0.5) is 15.8 Å². The third kappa shape index (κ3) is 7.37. The van der Waals surface area contributed by atoms with Crippen LogP contribution >= 0.6 is 0 Å². The Morgan fingerprint density at radius 1 is 0.936 bits per heavy atom. The van der Waals surface area contributed by atoms with Gasteiger partial charge in [-0.15, -0.1) is 0 Å². The van der Waals surface area contributed by atoms with Crippen LogP contribution < -0.4 is 9.62 Å². The van der Waals surface area contributed by atoms with Crippen LogP contribution in [0.5, 0.6) is 5.88 Å². The summed E-state index contributed by atoms with van der Waals surface area (Å²) in [5.74, 6) is -0.121. The van der Waals surface area contributed by atoms with Crippen molar-refractivity contribution < 1.29 is 22.7 Å². The Morgan fingerprint density at radius 3 is 2.36 bits per heavy atom. The summed E-state index contributed by atoms with van der Waals surface area (Å²) in [4.78, 5) is 14.9. The number of morpholine rings is 1. The molecule has 0 unspecified atom stereocenters. The van der Waals surface area contributed by atoms with E-state index in [0.717, 1.165) is 78.4 Å². The number of benzene rings is 3. The first-order chi connectivity index (χ1) is 22.8. The zero-order valence-corrected chi connectivity index (χ0v) is 27.2. The van der Waals surface area contributed by atoms with E-state index >= 15 is 4.39 Å². The number of ether oxygens (including phenoxy) is 1. The highest BCUT2D eigenvalue weighted by atomic mass is 32.2. The zero-order chi connectivity index (χ0) is 32.4. The second kappa shape index (κ2) is 13.7. The van der Waals surface area contributed by atoms with E-state index in [1.807, 2.05) is 30.3 Å². The van der Waals surface area contributed by atoms with Crippen molar-refractivity contribution in [3.05, 3.63) is 83.7 Å². The van der Waals surface area contributed by atoms with Crippen LogP contribution in [0.2, 0.25) is 0 Å². The number of aromatic hydroxyl groups is 1. The van der Waals surface area contributed by atoms with Gasteiger partial charge in [0.15, 0.2) is 5.88 Å². The van der Waals surface area contributed by atoms with E-state index in [4.69, 9.17) is 9.73 Å². The summed E-state index contributed by atoms with van der Waals surface area (Å²) < 4.78 is 50.1. The van der Waals surface area contributed by atoms with Crippen LogP contribution in [0.3, 0.4) is 0 Å². The number of aromatic nitrogens is 1. The number of hydrogen-bond donors (Lipinski definition) is 3. The molecule has 10 nitrogen and oxygen atoms in total. The van der Waals surface area contributed by atoms with Gasteiger partial charge in [0.25, 0.3) is 0 Å². The fourth-order valence-corrected chi connectivity index (χ4v) is 7.47. The average Bonchev–Trinajstić information content (AvgIpc) is 3.87. The quantitative estimate of drug-likeness (QED) is 0.206. The third-order valence-electron chi connectivity index (χ3n) is 9.32. The minimum absolute atomic E-state index is 0.106. The lowest BCUT2D eigenvalue weighted by Crippen LogP contribution is -2.49. The predicted octanol–water partition coefficient (Wildman–Crippen LogP) is 4.32. The van der Waals surface area contributed by atoms with E-state index in [1.54, 1.807) is 24.3 Å². The highest BCUT2D eigenvalue weighted by Crippen LogP contribution is 2.34. The Hall–Kier alpha value is -3.81. The minimum Gasteiger partial charge on any atom is -0.494 e. The second-order valence-electron chi connectivity index (χ2n) is 12.6. The van der Waals surface area contributed by atoms with Gasteiger partial charge in [-0.1, -0.05) is 30.3 Å². The summed E-state index contributed by atoms with van der Waals surface area (Å²) in [5, 5.41) is 11.6. The van der Waals surface area contributed by atoms with Crippen LogP contribution in [0.1, 0.15) is 24.0 Å². The second-order valence-corrected chi connectivity index (χ2v) is 14.4. The molecule has 1 saturated carbocycles. The number of sulfonamides is 1. The fraction of sp³-hybridized carbons (Fsp3) is 0.400. The molecule has 4 aromatic rings. The smallest absolute Gasteiger partial charge is 0.240 e. The number of anilines is 1. The Labute approximate surface area is 274 Å². The molecule has 2 saturated heterocycles. The van der Waals surface area contributed by atoms with Gasteiger partial charge in [-0.3, -0.25) is 9.80 Å². The van der Waals surface area contributed by atoms with E-state index in [0.29, 0.717) is 51.6 Å². The summed E-state index contributed by atoms with van der Waals surface area (Å²) in [6.07, 6.45) is 2.06. The third-order valence-corrected chi connectivity index (χ3v) is 10.7. The molecular formula is C35H41FN6O4S. The molecule has 1 aromatic heterocycles. The van der Waals surface area contributed by atoms with Gasteiger partial charge in [0.1, 0.15) is 5.82 Å². The maximum atomic E-state index is 15.7.